The van der Waals surface area contributed by atoms with Gasteiger partial charge in [0.2, 0.25) is 0 Å². The smallest absolute Gasteiger partial charge is 0.173 e. The number of halogens is 1. The van der Waals surface area contributed by atoms with Gasteiger partial charge in [0, 0.05) is 22.6 Å². The maximum Gasteiger partial charge on any atom is 0.173 e. The SMILES string of the molecule is Cc1nc(CN(C)c2cccc(Br)c2/C(N)=N/O)cs1. The van der Waals surface area contributed by atoms with Crippen LogP contribution >= 0.6 is 27.3 Å². The lowest BCUT2D eigenvalue weighted by Gasteiger charge is -2.22. The van der Waals surface area contributed by atoms with E-state index in [4.69, 9.17) is 10.9 Å². The molecule has 20 heavy (non-hydrogen) atoms. The minimum absolute atomic E-state index is 0.0776. The normalized spacial score (nSPS) is 11.7. The summed E-state index contributed by atoms with van der Waals surface area (Å²) in [5.41, 5.74) is 8.31. The molecule has 0 unspecified atom stereocenters. The first-order valence-electron chi connectivity index (χ1n) is 5.91. The Morgan fingerprint density at radius 3 is 2.90 bits per heavy atom. The van der Waals surface area contributed by atoms with Gasteiger partial charge in [0.05, 0.1) is 22.8 Å². The molecule has 5 nitrogen and oxygen atoms in total. The van der Waals surface area contributed by atoms with Gasteiger partial charge in [-0.2, -0.15) is 0 Å². The van der Waals surface area contributed by atoms with Crippen LogP contribution < -0.4 is 10.6 Å². The molecule has 2 aromatic rings. The van der Waals surface area contributed by atoms with Crippen molar-refractivity contribution in [2.45, 2.75) is 13.5 Å². The van der Waals surface area contributed by atoms with Crippen molar-refractivity contribution in [1.29, 1.82) is 0 Å². The van der Waals surface area contributed by atoms with Crippen LogP contribution in [0.1, 0.15) is 16.3 Å². The maximum absolute atomic E-state index is 8.92. The third-order valence-electron chi connectivity index (χ3n) is 2.83. The Labute approximate surface area is 129 Å². The Hall–Kier alpha value is -1.60. The summed E-state index contributed by atoms with van der Waals surface area (Å²) < 4.78 is 0.784. The highest BCUT2D eigenvalue weighted by Gasteiger charge is 2.15. The Morgan fingerprint density at radius 1 is 1.55 bits per heavy atom. The van der Waals surface area contributed by atoms with Crippen molar-refractivity contribution in [3.05, 3.63) is 44.3 Å². The number of hydrogen-bond acceptors (Lipinski definition) is 5. The average Bonchev–Trinajstić information content (AvgIpc) is 2.83. The third-order valence-corrected chi connectivity index (χ3v) is 4.32. The molecule has 1 aromatic carbocycles. The minimum Gasteiger partial charge on any atom is -0.409 e. The molecule has 0 fully saturated rings. The highest BCUT2D eigenvalue weighted by Crippen LogP contribution is 2.28. The summed E-state index contributed by atoms with van der Waals surface area (Å²) >= 11 is 5.06. The van der Waals surface area contributed by atoms with Gasteiger partial charge >= 0.3 is 0 Å². The molecule has 0 amide bonds. The molecule has 3 N–H and O–H groups in total. The molecule has 0 bridgehead atoms. The zero-order chi connectivity index (χ0) is 14.7. The van der Waals surface area contributed by atoms with Crippen molar-refractivity contribution in [2.75, 3.05) is 11.9 Å². The van der Waals surface area contributed by atoms with Crippen LogP contribution in [0.2, 0.25) is 0 Å². The van der Waals surface area contributed by atoms with Gasteiger partial charge in [-0.15, -0.1) is 11.3 Å². The number of thiazole rings is 1. The Kier molecular flexibility index (Phi) is 4.61. The van der Waals surface area contributed by atoms with Crippen LogP contribution in [0.5, 0.6) is 0 Å². The number of aromatic nitrogens is 1. The zero-order valence-electron chi connectivity index (χ0n) is 11.2. The largest absolute Gasteiger partial charge is 0.409 e. The van der Waals surface area contributed by atoms with Gasteiger partial charge in [0.1, 0.15) is 0 Å². The quantitative estimate of drug-likeness (QED) is 0.383. The molecule has 0 atom stereocenters. The Bertz CT molecular complexity index is 641. The number of nitrogens with zero attached hydrogens (tertiary/aromatic N) is 3. The molecule has 1 heterocycles. The van der Waals surface area contributed by atoms with Crippen LogP contribution in [0.3, 0.4) is 0 Å². The number of nitrogens with two attached hydrogens (primary N) is 1. The molecular formula is C13H15BrN4OS. The van der Waals surface area contributed by atoms with Crippen molar-refractivity contribution < 1.29 is 5.21 Å². The fourth-order valence-electron chi connectivity index (χ4n) is 1.94. The second kappa shape index (κ2) is 6.23. The monoisotopic (exact) mass is 354 g/mol. The van der Waals surface area contributed by atoms with Crippen LogP contribution in [0.25, 0.3) is 0 Å². The summed E-state index contributed by atoms with van der Waals surface area (Å²) in [6, 6.07) is 5.70. The predicted octanol–water partition coefficient (Wildman–Crippen LogP) is 2.94. The molecule has 0 radical (unpaired) electrons. The summed E-state index contributed by atoms with van der Waals surface area (Å²) in [4.78, 5) is 6.47. The van der Waals surface area contributed by atoms with Gasteiger partial charge in [0.15, 0.2) is 5.84 Å². The first-order chi connectivity index (χ1) is 9.52. The lowest BCUT2D eigenvalue weighted by Crippen LogP contribution is -2.23. The fraction of sp³-hybridized carbons (Fsp3) is 0.231. The van der Waals surface area contributed by atoms with Crippen LogP contribution in [0.15, 0.2) is 33.2 Å². The molecule has 0 saturated carbocycles. The van der Waals surface area contributed by atoms with E-state index >= 15 is 0 Å². The topological polar surface area (TPSA) is 74.7 Å². The molecule has 2 rings (SSSR count). The molecule has 0 aliphatic carbocycles. The van der Waals surface area contributed by atoms with Gasteiger partial charge in [-0.05, 0) is 35.0 Å². The summed E-state index contributed by atoms with van der Waals surface area (Å²) in [5, 5.41) is 15.1. The maximum atomic E-state index is 8.92. The molecular weight excluding hydrogens is 340 g/mol. The number of rotatable bonds is 4. The molecule has 1 aromatic heterocycles. The van der Waals surface area contributed by atoms with E-state index < -0.39 is 0 Å². The number of benzene rings is 1. The Morgan fingerprint density at radius 2 is 2.30 bits per heavy atom. The first-order valence-corrected chi connectivity index (χ1v) is 7.58. The molecule has 106 valence electrons. The lowest BCUT2D eigenvalue weighted by molar-refractivity contribution is 0.318. The van der Waals surface area contributed by atoms with Crippen molar-refractivity contribution in [3.8, 4) is 0 Å². The van der Waals surface area contributed by atoms with Crippen molar-refractivity contribution >= 4 is 38.8 Å². The van der Waals surface area contributed by atoms with Crippen LogP contribution in [-0.2, 0) is 6.54 Å². The second-order valence-electron chi connectivity index (χ2n) is 4.33. The third kappa shape index (κ3) is 3.10. The molecule has 0 spiro atoms. The number of aryl methyl sites for hydroxylation is 1. The summed E-state index contributed by atoms with van der Waals surface area (Å²) in [5.74, 6) is 0.0776. The molecule has 0 aliphatic heterocycles. The van der Waals surface area contributed by atoms with Crippen molar-refractivity contribution in [1.82, 2.24) is 4.98 Å². The number of anilines is 1. The Balaban J connectivity index is 2.34. The molecule has 0 saturated heterocycles. The van der Waals surface area contributed by atoms with Crippen LogP contribution in [0.4, 0.5) is 5.69 Å². The van der Waals surface area contributed by atoms with E-state index in [0.717, 1.165) is 20.9 Å². The van der Waals surface area contributed by atoms with Crippen molar-refractivity contribution in [3.63, 3.8) is 0 Å². The van der Waals surface area contributed by atoms with Gasteiger partial charge < -0.3 is 15.8 Å². The van der Waals surface area contributed by atoms with Gasteiger partial charge in [-0.3, -0.25) is 0 Å². The lowest BCUT2D eigenvalue weighted by atomic mass is 10.1. The minimum atomic E-state index is 0.0776. The average molecular weight is 355 g/mol. The zero-order valence-corrected chi connectivity index (χ0v) is 13.6. The van der Waals surface area contributed by atoms with Gasteiger partial charge in [0.25, 0.3) is 0 Å². The van der Waals surface area contributed by atoms with E-state index in [1.807, 2.05) is 42.5 Å². The molecule has 7 heteroatoms. The van der Waals surface area contributed by atoms with Crippen LogP contribution in [-0.4, -0.2) is 23.1 Å². The fourth-order valence-corrected chi connectivity index (χ4v) is 3.11. The highest BCUT2D eigenvalue weighted by molar-refractivity contribution is 9.10. The van der Waals surface area contributed by atoms with E-state index in [1.165, 1.54) is 0 Å². The first kappa shape index (κ1) is 14.8. The van der Waals surface area contributed by atoms with E-state index in [1.54, 1.807) is 11.3 Å². The number of amidine groups is 1. The molecule has 0 aliphatic rings. The summed E-state index contributed by atoms with van der Waals surface area (Å²) in [6.07, 6.45) is 0. The summed E-state index contributed by atoms with van der Waals surface area (Å²) in [7, 11) is 1.95. The van der Waals surface area contributed by atoms with E-state index in [-0.39, 0.29) is 5.84 Å². The number of hydrogen-bond donors (Lipinski definition) is 2. The number of oxime groups is 1. The second-order valence-corrected chi connectivity index (χ2v) is 6.25. The van der Waals surface area contributed by atoms with E-state index in [0.29, 0.717) is 12.1 Å². The van der Waals surface area contributed by atoms with E-state index in [9.17, 15) is 0 Å². The van der Waals surface area contributed by atoms with Gasteiger partial charge in [-0.1, -0.05) is 11.2 Å². The van der Waals surface area contributed by atoms with Crippen molar-refractivity contribution in [2.24, 2.45) is 10.9 Å². The highest BCUT2D eigenvalue weighted by atomic mass is 79.9. The summed E-state index contributed by atoms with van der Waals surface area (Å²) in [6.45, 7) is 2.64. The van der Waals surface area contributed by atoms with Gasteiger partial charge in [-0.25, -0.2) is 4.98 Å². The standard InChI is InChI=1S/C13H15BrN4OS/c1-8-16-9(7-20-8)6-18(2)11-5-3-4-10(14)12(11)13(15)17-19/h3-5,7,19H,6H2,1-2H3,(H2,15,17). The van der Waals surface area contributed by atoms with Crippen LogP contribution in [0, 0.1) is 6.92 Å². The van der Waals surface area contributed by atoms with E-state index in [2.05, 4.69) is 26.1 Å². The predicted molar refractivity (Wildman–Crippen MR) is 85.6 cm³/mol.